The Morgan fingerprint density at radius 2 is 2.04 bits per heavy atom. The average Bonchev–Trinajstić information content (AvgIpc) is 3.39. The summed E-state index contributed by atoms with van der Waals surface area (Å²) in [7, 11) is 0. The Kier molecular flexibility index (Phi) is 6.25. The van der Waals surface area contributed by atoms with Gasteiger partial charge in [0.05, 0.1) is 5.92 Å². The van der Waals surface area contributed by atoms with Crippen LogP contribution in [0.3, 0.4) is 0 Å². The number of nitrogens with one attached hydrogen (secondary N) is 1. The van der Waals surface area contributed by atoms with E-state index in [1.54, 1.807) is 0 Å². The molecule has 1 aromatic heterocycles. The Morgan fingerprint density at radius 3 is 2.71 bits per heavy atom. The van der Waals surface area contributed by atoms with E-state index in [2.05, 4.69) is 15.5 Å². The fourth-order valence-electron chi connectivity index (χ4n) is 3.62. The molecule has 2 fully saturated rings. The number of rotatable bonds is 6. The molecule has 2 aliphatic rings. The summed E-state index contributed by atoms with van der Waals surface area (Å²) < 4.78 is 10.9. The Labute approximate surface area is 170 Å². The topological polar surface area (TPSA) is 103 Å². The molecule has 3 N–H and O–H groups in total. The van der Waals surface area contributed by atoms with Crippen LogP contribution in [0.4, 0.5) is 5.69 Å². The number of carbonyl (C=O) groups is 1. The van der Waals surface area contributed by atoms with Crippen molar-refractivity contribution in [2.45, 2.75) is 63.5 Å². The van der Waals surface area contributed by atoms with Crippen molar-refractivity contribution in [1.82, 2.24) is 10.1 Å². The first-order valence-corrected chi connectivity index (χ1v) is 9.66. The van der Waals surface area contributed by atoms with E-state index in [1.165, 1.54) is 0 Å². The number of halogens is 1. The Morgan fingerprint density at radius 1 is 1.29 bits per heavy atom. The van der Waals surface area contributed by atoms with E-state index in [9.17, 15) is 4.79 Å². The predicted molar refractivity (Wildman–Crippen MR) is 107 cm³/mol. The molecule has 28 heavy (non-hydrogen) atoms. The smallest absolute Gasteiger partial charge is 0.229 e. The van der Waals surface area contributed by atoms with Gasteiger partial charge in [-0.1, -0.05) is 18.0 Å². The lowest BCUT2D eigenvalue weighted by atomic mass is 9.74. The maximum Gasteiger partial charge on any atom is 0.229 e. The maximum atomic E-state index is 12.6. The molecule has 2 unspecified atom stereocenters. The normalized spacial score (nSPS) is 24.3. The highest BCUT2D eigenvalue weighted by Crippen LogP contribution is 2.38. The van der Waals surface area contributed by atoms with Crippen LogP contribution >= 0.6 is 12.4 Å². The molecule has 0 bridgehead atoms. The van der Waals surface area contributed by atoms with Crippen molar-refractivity contribution in [3.63, 3.8) is 0 Å². The summed E-state index contributed by atoms with van der Waals surface area (Å²) in [4.78, 5) is 16.9. The lowest BCUT2D eigenvalue weighted by Crippen LogP contribution is -2.51. The lowest BCUT2D eigenvalue weighted by Gasteiger charge is -2.37. The van der Waals surface area contributed by atoms with Crippen LogP contribution in [0.25, 0.3) is 0 Å². The minimum absolute atomic E-state index is 0. The number of ether oxygens (including phenoxy) is 1. The fourth-order valence-corrected chi connectivity index (χ4v) is 3.62. The summed E-state index contributed by atoms with van der Waals surface area (Å²) in [5, 5.41) is 6.91. The van der Waals surface area contributed by atoms with Crippen LogP contribution in [0.1, 0.15) is 63.1 Å². The first-order chi connectivity index (χ1) is 13.0. The third-order valence-corrected chi connectivity index (χ3v) is 5.47. The highest BCUT2D eigenvalue weighted by Gasteiger charge is 2.37. The van der Waals surface area contributed by atoms with Crippen LogP contribution in [0.2, 0.25) is 0 Å². The molecule has 0 radical (unpaired) electrons. The fraction of sp³-hybridized carbons (Fsp3) is 0.550. The first kappa shape index (κ1) is 20.6. The van der Waals surface area contributed by atoms with E-state index in [0.29, 0.717) is 23.4 Å². The molecular weight excluding hydrogens is 380 g/mol. The van der Waals surface area contributed by atoms with Crippen LogP contribution in [0.15, 0.2) is 28.8 Å². The highest BCUT2D eigenvalue weighted by molar-refractivity contribution is 5.93. The molecule has 8 heteroatoms. The van der Waals surface area contributed by atoms with Crippen LogP contribution in [0.5, 0.6) is 5.75 Å². The summed E-state index contributed by atoms with van der Waals surface area (Å²) in [6.07, 6.45) is 6.12. The van der Waals surface area contributed by atoms with Gasteiger partial charge in [-0.3, -0.25) is 4.79 Å². The van der Waals surface area contributed by atoms with Gasteiger partial charge in [-0.15, -0.1) is 12.4 Å². The summed E-state index contributed by atoms with van der Waals surface area (Å²) in [5.74, 6) is 2.23. The van der Waals surface area contributed by atoms with Gasteiger partial charge in [-0.25, -0.2) is 0 Å². The lowest BCUT2D eigenvalue weighted by molar-refractivity contribution is -0.122. The zero-order valence-electron chi connectivity index (χ0n) is 16.0. The van der Waals surface area contributed by atoms with Crippen molar-refractivity contribution in [2.75, 3.05) is 5.32 Å². The molecule has 1 heterocycles. The van der Waals surface area contributed by atoms with Crippen molar-refractivity contribution in [3.8, 4) is 5.75 Å². The molecule has 2 saturated carbocycles. The number of aromatic nitrogens is 2. The van der Waals surface area contributed by atoms with Gasteiger partial charge in [-0.2, -0.15) is 4.98 Å². The van der Waals surface area contributed by atoms with Gasteiger partial charge in [-0.05, 0) is 56.9 Å². The van der Waals surface area contributed by atoms with Gasteiger partial charge < -0.3 is 20.3 Å². The Balaban J connectivity index is 0.00000225. The van der Waals surface area contributed by atoms with E-state index in [0.717, 1.165) is 44.2 Å². The molecule has 4 rings (SSSR count). The van der Waals surface area contributed by atoms with Gasteiger partial charge in [0, 0.05) is 17.1 Å². The molecule has 0 aliphatic heterocycles. The molecule has 7 nitrogen and oxygen atoms in total. The maximum absolute atomic E-state index is 12.6. The van der Waals surface area contributed by atoms with E-state index < -0.39 is 5.54 Å². The number of nitrogens with zero attached hydrogens (tertiary/aromatic N) is 2. The summed E-state index contributed by atoms with van der Waals surface area (Å²) >= 11 is 0. The second-order valence-corrected chi connectivity index (χ2v) is 7.93. The van der Waals surface area contributed by atoms with Crippen molar-refractivity contribution in [1.29, 1.82) is 0 Å². The second kappa shape index (κ2) is 8.49. The highest BCUT2D eigenvalue weighted by atomic mass is 35.5. The van der Waals surface area contributed by atoms with Crippen LogP contribution < -0.4 is 15.8 Å². The molecule has 2 aromatic rings. The van der Waals surface area contributed by atoms with Crippen molar-refractivity contribution >= 4 is 24.0 Å². The summed E-state index contributed by atoms with van der Waals surface area (Å²) in [6.45, 7) is 2.23. The number of carbonyl (C=O) groups excluding carboxylic acids is 1. The van der Waals surface area contributed by atoms with Crippen molar-refractivity contribution in [2.24, 2.45) is 11.7 Å². The second-order valence-electron chi connectivity index (χ2n) is 7.93. The van der Waals surface area contributed by atoms with E-state index in [-0.39, 0.29) is 30.8 Å². The molecule has 1 amide bonds. The molecule has 0 spiro atoms. The number of hydrogen-bond acceptors (Lipinski definition) is 6. The molecule has 2 aliphatic carbocycles. The largest absolute Gasteiger partial charge is 0.485 e. The Hall–Kier alpha value is -2.12. The third kappa shape index (κ3) is 4.83. The number of anilines is 1. The quantitative estimate of drug-likeness (QED) is 0.756. The van der Waals surface area contributed by atoms with Crippen LogP contribution in [-0.4, -0.2) is 21.6 Å². The van der Waals surface area contributed by atoms with E-state index >= 15 is 0 Å². The van der Waals surface area contributed by atoms with Crippen LogP contribution in [0, 0.1) is 5.92 Å². The molecule has 2 atom stereocenters. The van der Waals surface area contributed by atoms with Gasteiger partial charge in [0.25, 0.3) is 0 Å². The molecule has 1 aromatic carbocycles. The van der Waals surface area contributed by atoms with E-state index in [1.807, 2.05) is 31.2 Å². The Bertz CT molecular complexity index is 802. The average molecular weight is 407 g/mol. The van der Waals surface area contributed by atoms with Gasteiger partial charge in [0.15, 0.2) is 6.61 Å². The van der Waals surface area contributed by atoms with Crippen LogP contribution in [-0.2, 0) is 11.4 Å². The van der Waals surface area contributed by atoms with E-state index in [4.69, 9.17) is 15.0 Å². The molecule has 152 valence electrons. The number of hydrogen-bond donors (Lipinski definition) is 2. The zero-order valence-corrected chi connectivity index (χ0v) is 16.8. The minimum Gasteiger partial charge on any atom is -0.485 e. The van der Waals surface area contributed by atoms with Crippen molar-refractivity contribution in [3.05, 3.63) is 36.0 Å². The minimum atomic E-state index is -0.435. The predicted octanol–water partition coefficient (Wildman–Crippen LogP) is 3.79. The van der Waals surface area contributed by atoms with Gasteiger partial charge >= 0.3 is 0 Å². The summed E-state index contributed by atoms with van der Waals surface area (Å²) in [5.41, 5.74) is 6.62. The van der Waals surface area contributed by atoms with Gasteiger partial charge in [0.2, 0.25) is 17.6 Å². The molecule has 0 saturated heterocycles. The molecular formula is C20H27ClN4O3. The monoisotopic (exact) mass is 406 g/mol. The van der Waals surface area contributed by atoms with Gasteiger partial charge in [0.1, 0.15) is 5.75 Å². The van der Waals surface area contributed by atoms with Crippen molar-refractivity contribution < 1.29 is 14.1 Å². The third-order valence-electron chi connectivity index (χ3n) is 5.47. The number of amides is 1. The standard InChI is InChI=1S/C20H26N4O3.ClH/c1-20(21)11-3-2-4-16(20)18(25)22-14-7-9-15(10-8-14)26-12-17-23-19(27-24-17)13-5-6-13;/h7-10,13,16H,2-6,11-12,21H2,1H3,(H,22,25);1H. The number of benzene rings is 1. The summed E-state index contributed by atoms with van der Waals surface area (Å²) in [6, 6.07) is 7.30. The SMILES string of the molecule is CC1(N)CCCCC1C(=O)Nc1ccc(OCc2noc(C3CC3)n2)cc1.Cl. The first-order valence-electron chi connectivity index (χ1n) is 9.66. The zero-order chi connectivity index (χ0) is 18.9. The number of nitrogens with two attached hydrogens (primary N) is 1.